The number of aromatic hydroxyl groups is 1. The normalized spacial score (nSPS) is 11.0. The van der Waals surface area contributed by atoms with Crippen molar-refractivity contribution in [3.63, 3.8) is 0 Å². The van der Waals surface area contributed by atoms with Crippen LogP contribution in [-0.2, 0) is 0 Å². The smallest absolute Gasteiger partial charge is 0.251 e. The molecule has 29 heavy (non-hydrogen) atoms. The number of nitrogens with zero attached hydrogens (tertiary/aromatic N) is 2. The van der Waals surface area contributed by atoms with Crippen molar-refractivity contribution in [2.24, 2.45) is 0 Å². The van der Waals surface area contributed by atoms with Crippen molar-refractivity contribution in [1.82, 2.24) is 15.2 Å². The van der Waals surface area contributed by atoms with Crippen molar-refractivity contribution < 1.29 is 14.6 Å². The van der Waals surface area contributed by atoms with E-state index in [0.29, 0.717) is 23.4 Å². The van der Waals surface area contributed by atoms with Crippen molar-refractivity contribution in [1.29, 1.82) is 0 Å². The summed E-state index contributed by atoms with van der Waals surface area (Å²) in [6.07, 6.45) is 3.68. The Morgan fingerprint density at radius 2 is 1.90 bits per heavy atom. The highest BCUT2D eigenvalue weighted by molar-refractivity contribution is 6.03. The van der Waals surface area contributed by atoms with E-state index in [0.717, 1.165) is 35.9 Å². The molecule has 1 aromatic heterocycles. The summed E-state index contributed by atoms with van der Waals surface area (Å²) in [6, 6.07) is 12.6. The molecule has 6 nitrogen and oxygen atoms in total. The maximum Gasteiger partial charge on any atom is 0.251 e. The van der Waals surface area contributed by atoms with E-state index in [1.165, 1.54) is 0 Å². The number of fused-ring (bicyclic) bond motifs is 1. The Hall–Kier alpha value is -3.12. The van der Waals surface area contributed by atoms with E-state index in [2.05, 4.69) is 15.2 Å². The maximum atomic E-state index is 12.3. The van der Waals surface area contributed by atoms with Crippen LogP contribution in [-0.4, -0.2) is 55.2 Å². The molecule has 152 valence electrons. The highest BCUT2D eigenvalue weighted by atomic mass is 16.5. The van der Waals surface area contributed by atoms with Crippen LogP contribution in [0.1, 0.15) is 23.2 Å². The zero-order valence-electron chi connectivity index (χ0n) is 17.1. The average molecular weight is 393 g/mol. The van der Waals surface area contributed by atoms with E-state index < -0.39 is 0 Å². The molecule has 0 fully saturated rings. The highest BCUT2D eigenvalue weighted by Crippen LogP contribution is 2.37. The van der Waals surface area contributed by atoms with E-state index in [1.54, 1.807) is 37.6 Å². The van der Waals surface area contributed by atoms with Crippen LogP contribution >= 0.6 is 0 Å². The van der Waals surface area contributed by atoms with Crippen molar-refractivity contribution >= 4 is 16.7 Å². The van der Waals surface area contributed by atoms with Gasteiger partial charge in [-0.15, -0.1) is 0 Å². The fraction of sp³-hybridized carbons (Fsp3) is 0.304. The summed E-state index contributed by atoms with van der Waals surface area (Å²) in [6.45, 7) is 1.68. The number of amides is 1. The molecule has 0 aliphatic carbocycles. The Labute approximate surface area is 171 Å². The first kappa shape index (κ1) is 20.6. The highest BCUT2D eigenvalue weighted by Gasteiger charge is 2.14. The summed E-state index contributed by atoms with van der Waals surface area (Å²) in [5.74, 6) is 0.546. The number of carbonyl (C=O) groups is 1. The third kappa shape index (κ3) is 4.84. The number of hydrogen-bond acceptors (Lipinski definition) is 5. The largest absolute Gasteiger partial charge is 0.507 e. The summed E-state index contributed by atoms with van der Waals surface area (Å²) in [4.78, 5) is 18.8. The minimum atomic E-state index is -0.0815. The van der Waals surface area contributed by atoms with Gasteiger partial charge >= 0.3 is 0 Å². The van der Waals surface area contributed by atoms with Crippen LogP contribution in [0.5, 0.6) is 11.6 Å². The van der Waals surface area contributed by atoms with Crippen LogP contribution in [0.15, 0.2) is 48.7 Å². The molecule has 3 rings (SSSR count). The van der Waals surface area contributed by atoms with Crippen LogP contribution in [0.3, 0.4) is 0 Å². The number of nitrogens with one attached hydrogen (secondary N) is 1. The molecular formula is C23H27N3O3. The Morgan fingerprint density at radius 3 is 2.59 bits per heavy atom. The second-order valence-electron chi connectivity index (χ2n) is 7.22. The van der Waals surface area contributed by atoms with Crippen LogP contribution in [0.2, 0.25) is 0 Å². The van der Waals surface area contributed by atoms with Crippen LogP contribution in [0.4, 0.5) is 0 Å². The monoisotopic (exact) mass is 393 g/mol. The summed E-state index contributed by atoms with van der Waals surface area (Å²) >= 11 is 0. The summed E-state index contributed by atoms with van der Waals surface area (Å²) in [7, 11) is 5.64. The molecule has 0 bridgehead atoms. The zero-order valence-corrected chi connectivity index (χ0v) is 17.1. The van der Waals surface area contributed by atoms with Gasteiger partial charge in [0.05, 0.1) is 7.11 Å². The van der Waals surface area contributed by atoms with Gasteiger partial charge in [0, 0.05) is 34.6 Å². The molecule has 1 heterocycles. The Bertz CT molecular complexity index is 985. The van der Waals surface area contributed by atoms with Gasteiger partial charge in [0.25, 0.3) is 5.91 Å². The van der Waals surface area contributed by atoms with E-state index in [-0.39, 0.29) is 11.7 Å². The molecule has 0 aliphatic heterocycles. The molecule has 0 saturated carbocycles. The van der Waals surface area contributed by atoms with Crippen molar-refractivity contribution in [2.45, 2.75) is 12.8 Å². The average Bonchev–Trinajstić information content (AvgIpc) is 2.72. The molecule has 2 aromatic carbocycles. The Kier molecular flexibility index (Phi) is 6.67. The van der Waals surface area contributed by atoms with Gasteiger partial charge in [0.1, 0.15) is 5.75 Å². The minimum absolute atomic E-state index is 0.0815. The fourth-order valence-electron chi connectivity index (χ4n) is 3.30. The van der Waals surface area contributed by atoms with E-state index in [4.69, 9.17) is 4.74 Å². The second kappa shape index (κ2) is 9.39. The van der Waals surface area contributed by atoms with Gasteiger partial charge in [-0.05, 0) is 63.3 Å². The van der Waals surface area contributed by atoms with Crippen molar-refractivity contribution in [3.8, 4) is 22.8 Å². The van der Waals surface area contributed by atoms with E-state index in [9.17, 15) is 9.90 Å². The zero-order chi connectivity index (χ0) is 20.8. The molecule has 0 spiro atoms. The van der Waals surface area contributed by atoms with E-state index in [1.807, 2.05) is 32.3 Å². The predicted octanol–water partition coefficient (Wildman–Crippen LogP) is 3.69. The molecule has 1 amide bonds. The Balaban J connectivity index is 1.76. The molecular weight excluding hydrogens is 366 g/mol. The number of carbonyl (C=O) groups excluding carboxylic acids is 1. The molecule has 3 aromatic rings. The first-order valence-electron chi connectivity index (χ1n) is 9.69. The number of ether oxygens (including phenoxy) is 1. The molecule has 6 heteroatoms. The topological polar surface area (TPSA) is 74.7 Å². The lowest BCUT2D eigenvalue weighted by Gasteiger charge is -2.12. The Morgan fingerprint density at radius 1 is 1.14 bits per heavy atom. The van der Waals surface area contributed by atoms with Gasteiger partial charge < -0.3 is 20.1 Å². The maximum absolute atomic E-state index is 12.3. The lowest BCUT2D eigenvalue weighted by Crippen LogP contribution is -2.25. The number of benzene rings is 2. The molecule has 2 N–H and O–H groups in total. The summed E-state index contributed by atoms with van der Waals surface area (Å²) in [5.41, 5.74) is 2.26. The van der Waals surface area contributed by atoms with Crippen LogP contribution in [0.25, 0.3) is 21.9 Å². The minimum Gasteiger partial charge on any atom is -0.507 e. The number of phenols is 1. The number of phenolic OH excluding ortho intramolecular Hbond substituents is 1. The lowest BCUT2D eigenvalue weighted by molar-refractivity contribution is 0.0953. The molecule has 0 unspecified atom stereocenters. The first-order valence-corrected chi connectivity index (χ1v) is 9.69. The molecule has 0 atom stereocenters. The number of hydrogen-bond donors (Lipinski definition) is 2. The van der Waals surface area contributed by atoms with Gasteiger partial charge in [0.15, 0.2) is 0 Å². The lowest BCUT2D eigenvalue weighted by atomic mass is 9.99. The number of pyridine rings is 1. The van der Waals surface area contributed by atoms with Gasteiger partial charge in [-0.3, -0.25) is 4.79 Å². The van der Waals surface area contributed by atoms with Crippen LogP contribution in [0, 0.1) is 0 Å². The van der Waals surface area contributed by atoms with Crippen LogP contribution < -0.4 is 10.1 Å². The fourth-order valence-corrected chi connectivity index (χ4v) is 3.30. The van der Waals surface area contributed by atoms with Gasteiger partial charge in [0.2, 0.25) is 5.88 Å². The summed E-state index contributed by atoms with van der Waals surface area (Å²) in [5, 5.41) is 14.8. The molecule has 0 aliphatic rings. The number of unbranched alkanes of at least 4 members (excludes halogenated alkanes) is 1. The molecule has 0 saturated heterocycles. The number of rotatable bonds is 8. The quantitative estimate of drug-likeness (QED) is 0.571. The number of aromatic nitrogens is 1. The third-order valence-electron chi connectivity index (χ3n) is 4.82. The summed E-state index contributed by atoms with van der Waals surface area (Å²) < 4.78 is 5.31. The van der Waals surface area contributed by atoms with Crippen molar-refractivity contribution in [3.05, 3.63) is 54.2 Å². The first-order chi connectivity index (χ1) is 14.0. The van der Waals surface area contributed by atoms with Gasteiger partial charge in [-0.25, -0.2) is 4.98 Å². The van der Waals surface area contributed by atoms with Gasteiger partial charge in [-0.2, -0.15) is 0 Å². The van der Waals surface area contributed by atoms with E-state index >= 15 is 0 Å². The standard InChI is InChI=1S/C23H27N3O3/c1-26(2)14-5-4-13-24-22(28)17-11-9-16(10-12-17)19-15-25-23(29-3)18-7-6-8-20(27)21(18)19/h6-12,15,27H,4-5,13-14H2,1-3H3,(H,24,28). The third-order valence-corrected chi connectivity index (χ3v) is 4.82. The number of methoxy groups -OCH3 is 1. The van der Waals surface area contributed by atoms with Gasteiger partial charge in [-0.1, -0.05) is 18.2 Å². The SMILES string of the molecule is COc1ncc(-c2ccc(C(=O)NCCCCN(C)C)cc2)c2c(O)cccc12. The molecule has 0 radical (unpaired) electrons. The second-order valence-corrected chi connectivity index (χ2v) is 7.22. The van der Waals surface area contributed by atoms with Crippen molar-refractivity contribution in [2.75, 3.05) is 34.3 Å². The predicted molar refractivity (Wildman–Crippen MR) is 116 cm³/mol.